The van der Waals surface area contributed by atoms with Crippen LogP contribution in [0.15, 0.2) is 12.3 Å². The van der Waals surface area contributed by atoms with Crippen molar-refractivity contribution in [1.82, 2.24) is 4.98 Å². The van der Waals surface area contributed by atoms with Crippen LogP contribution in [0.25, 0.3) is 0 Å². The number of hydrogen-bond donors (Lipinski definition) is 2. The second-order valence-corrected chi connectivity index (χ2v) is 4.83. The summed E-state index contributed by atoms with van der Waals surface area (Å²) in [6.45, 7) is 1.60. The summed E-state index contributed by atoms with van der Waals surface area (Å²) in [6.07, 6.45) is 3.94. The van der Waals surface area contributed by atoms with E-state index in [9.17, 15) is 20.0 Å². The molecule has 1 aromatic heterocycles. The molecule has 1 aliphatic carbocycles. The van der Waals surface area contributed by atoms with Gasteiger partial charge >= 0.3 is 5.97 Å². The van der Waals surface area contributed by atoms with Crippen LogP contribution in [-0.2, 0) is 4.79 Å². The van der Waals surface area contributed by atoms with Gasteiger partial charge in [0.2, 0.25) is 0 Å². The third kappa shape index (κ3) is 2.49. The number of nitrogens with zero attached hydrogens (tertiary/aromatic N) is 2. The topological polar surface area (TPSA) is 105 Å². The second kappa shape index (κ2) is 4.83. The zero-order chi connectivity index (χ0) is 14.0. The lowest BCUT2D eigenvalue weighted by Gasteiger charge is -2.25. The van der Waals surface area contributed by atoms with Crippen LogP contribution in [0.3, 0.4) is 0 Å². The third-order valence-corrected chi connectivity index (χ3v) is 3.51. The van der Waals surface area contributed by atoms with Crippen LogP contribution in [0.4, 0.5) is 11.5 Å². The molecule has 0 saturated heterocycles. The number of anilines is 1. The molecule has 1 saturated carbocycles. The van der Waals surface area contributed by atoms with E-state index < -0.39 is 16.4 Å². The van der Waals surface area contributed by atoms with Crippen molar-refractivity contribution < 1.29 is 14.8 Å². The van der Waals surface area contributed by atoms with Gasteiger partial charge in [0.1, 0.15) is 17.6 Å². The van der Waals surface area contributed by atoms with Gasteiger partial charge in [0.05, 0.1) is 4.92 Å². The summed E-state index contributed by atoms with van der Waals surface area (Å²) < 4.78 is 0. The average Bonchev–Trinajstić information content (AvgIpc) is 2.78. The molecule has 7 heteroatoms. The number of carbonyl (C=O) groups is 1. The van der Waals surface area contributed by atoms with Crippen LogP contribution in [0.2, 0.25) is 0 Å². The van der Waals surface area contributed by atoms with E-state index in [0.29, 0.717) is 24.2 Å². The van der Waals surface area contributed by atoms with Gasteiger partial charge in [-0.05, 0) is 25.8 Å². The second-order valence-electron chi connectivity index (χ2n) is 4.83. The molecule has 0 aliphatic heterocycles. The Kier molecular flexibility index (Phi) is 3.37. The Labute approximate surface area is 109 Å². The smallest absolute Gasteiger partial charge is 0.329 e. The predicted molar refractivity (Wildman–Crippen MR) is 68.1 cm³/mol. The summed E-state index contributed by atoms with van der Waals surface area (Å²) in [5.41, 5.74) is -0.599. The minimum Gasteiger partial charge on any atom is -0.480 e. The van der Waals surface area contributed by atoms with Crippen molar-refractivity contribution in [2.24, 2.45) is 0 Å². The van der Waals surface area contributed by atoms with Crippen LogP contribution in [-0.4, -0.2) is 26.5 Å². The highest BCUT2D eigenvalue weighted by atomic mass is 16.6. The van der Waals surface area contributed by atoms with Crippen molar-refractivity contribution in [3.8, 4) is 0 Å². The fourth-order valence-corrected chi connectivity index (χ4v) is 2.42. The third-order valence-electron chi connectivity index (χ3n) is 3.51. The number of hydrogen-bond acceptors (Lipinski definition) is 5. The van der Waals surface area contributed by atoms with Gasteiger partial charge < -0.3 is 10.4 Å². The first-order chi connectivity index (χ1) is 8.94. The van der Waals surface area contributed by atoms with Crippen molar-refractivity contribution >= 4 is 17.5 Å². The Morgan fingerprint density at radius 3 is 2.63 bits per heavy atom. The number of aryl methyl sites for hydroxylation is 1. The van der Waals surface area contributed by atoms with E-state index in [4.69, 9.17) is 0 Å². The SMILES string of the molecule is Cc1cc(NC2(C(=O)O)CCCC2)ncc1[N+](=O)[O-]. The molecular formula is C12H15N3O4. The molecule has 2 rings (SSSR count). The highest BCUT2D eigenvalue weighted by Gasteiger charge is 2.41. The first-order valence-corrected chi connectivity index (χ1v) is 6.07. The van der Waals surface area contributed by atoms with Gasteiger partial charge in [0, 0.05) is 5.56 Å². The van der Waals surface area contributed by atoms with Crippen molar-refractivity contribution in [2.75, 3.05) is 5.32 Å². The minimum atomic E-state index is -0.991. The quantitative estimate of drug-likeness (QED) is 0.638. The molecule has 1 fully saturated rings. The molecule has 0 unspecified atom stereocenters. The van der Waals surface area contributed by atoms with Gasteiger partial charge in [-0.15, -0.1) is 0 Å². The van der Waals surface area contributed by atoms with Crippen molar-refractivity contribution in [2.45, 2.75) is 38.1 Å². The van der Waals surface area contributed by atoms with Gasteiger partial charge in [0.15, 0.2) is 0 Å². The molecule has 2 N–H and O–H groups in total. The average molecular weight is 265 g/mol. The number of carboxylic acids is 1. The summed E-state index contributed by atoms with van der Waals surface area (Å²) in [7, 11) is 0. The van der Waals surface area contributed by atoms with E-state index in [1.807, 2.05) is 0 Å². The molecule has 7 nitrogen and oxygen atoms in total. The summed E-state index contributed by atoms with van der Waals surface area (Å²) >= 11 is 0. The minimum absolute atomic E-state index is 0.0682. The van der Waals surface area contributed by atoms with Gasteiger partial charge in [-0.1, -0.05) is 12.8 Å². The summed E-state index contributed by atoms with van der Waals surface area (Å²) in [4.78, 5) is 25.5. The number of aliphatic carboxylic acids is 1. The zero-order valence-corrected chi connectivity index (χ0v) is 10.5. The monoisotopic (exact) mass is 265 g/mol. The van der Waals surface area contributed by atoms with E-state index in [0.717, 1.165) is 19.0 Å². The maximum Gasteiger partial charge on any atom is 0.329 e. The summed E-state index contributed by atoms with van der Waals surface area (Å²) in [5.74, 6) is -0.532. The summed E-state index contributed by atoms with van der Waals surface area (Å²) in [5, 5.41) is 23.0. The summed E-state index contributed by atoms with van der Waals surface area (Å²) in [6, 6.07) is 1.52. The molecule has 0 atom stereocenters. The van der Waals surface area contributed by atoms with Crippen LogP contribution in [0, 0.1) is 17.0 Å². The fourth-order valence-electron chi connectivity index (χ4n) is 2.42. The van der Waals surface area contributed by atoms with Gasteiger partial charge in [-0.25, -0.2) is 9.78 Å². The molecule has 1 aromatic rings. The molecule has 0 spiro atoms. The zero-order valence-electron chi connectivity index (χ0n) is 10.5. The fraction of sp³-hybridized carbons (Fsp3) is 0.500. The van der Waals surface area contributed by atoms with Gasteiger partial charge in [-0.2, -0.15) is 0 Å². The molecule has 19 heavy (non-hydrogen) atoms. The molecule has 0 radical (unpaired) electrons. The lowest BCUT2D eigenvalue weighted by atomic mass is 9.98. The first-order valence-electron chi connectivity index (χ1n) is 6.07. The Hall–Kier alpha value is -2.18. The number of rotatable bonds is 4. The van der Waals surface area contributed by atoms with Gasteiger partial charge in [0.25, 0.3) is 5.69 Å². The lowest BCUT2D eigenvalue weighted by molar-refractivity contribution is -0.385. The lowest BCUT2D eigenvalue weighted by Crippen LogP contribution is -2.43. The van der Waals surface area contributed by atoms with E-state index in [1.54, 1.807) is 6.92 Å². The molecular weight excluding hydrogens is 250 g/mol. The number of pyridine rings is 1. The first kappa shape index (κ1) is 13.3. The molecule has 0 aromatic carbocycles. The Morgan fingerprint density at radius 2 is 2.16 bits per heavy atom. The number of carboxylic acid groups (broad SMARTS) is 1. The number of aromatic nitrogens is 1. The maximum absolute atomic E-state index is 11.4. The van der Waals surface area contributed by atoms with Crippen LogP contribution >= 0.6 is 0 Å². The Bertz CT molecular complexity index is 524. The van der Waals surface area contributed by atoms with Crippen LogP contribution < -0.4 is 5.32 Å². The number of nitrogens with one attached hydrogen (secondary N) is 1. The normalized spacial score (nSPS) is 17.1. The largest absolute Gasteiger partial charge is 0.480 e. The van der Waals surface area contributed by atoms with Crippen LogP contribution in [0.5, 0.6) is 0 Å². The van der Waals surface area contributed by atoms with Crippen molar-refractivity contribution in [3.63, 3.8) is 0 Å². The van der Waals surface area contributed by atoms with Crippen molar-refractivity contribution in [1.29, 1.82) is 0 Å². The molecule has 0 bridgehead atoms. The maximum atomic E-state index is 11.4. The van der Waals surface area contributed by atoms with Crippen molar-refractivity contribution in [3.05, 3.63) is 27.9 Å². The number of nitro groups is 1. The Balaban J connectivity index is 2.26. The van der Waals surface area contributed by atoms with Gasteiger partial charge in [-0.3, -0.25) is 10.1 Å². The molecule has 0 amide bonds. The molecule has 1 heterocycles. The Morgan fingerprint density at radius 1 is 1.53 bits per heavy atom. The molecule has 102 valence electrons. The van der Waals surface area contributed by atoms with E-state index >= 15 is 0 Å². The molecule has 1 aliphatic rings. The van der Waals surface area contributed by atoms with E-state index in [1.165, 1.54) is 6.07 Å². The van der Waals surface area contributed by atoms with E-state index in [2.05, 4.69) is 10.3 Å². The highest BCUT2D eigenvalue weighted by Crippen LogP contribution is 2.33. The van der Waals surface area contributed by atoms with Crippen LogP contribution in [0.1, 0.15) is 31.2 Å². The highest BCUT2D eigenvalue weighted by molar-refractivity contribution is 5.82. The standard InChI is InChI=1S/C12H15N3O4/c1-8-6-10(13-7-9(8)15(18)19)14-12(11(16)17)4-2-3-5-12/h6-7H,2-5H2,1H3,(H,13,14)(H,16,17). The predicted octanol–water partition coefficient (Wildman–Crippen LogP) is 2.11. The van der Waals surface area contributed by atoms with E-state index in [-0.39, 0.29) is 5.69 Å².